The molecular weight excluding hydrogens is 200 g/mol. The van der Waals surface area contributed by atoms with Gasteiger partial charge in [-0.05, 0) is 33.1 Å². The van der Waals surface area contributed by atoms with Crippen LogP contribution in [0, 0.1) is 11.3 Å². The summed E-state index contributed by atoms with van der Waals surface area (Å²) in [6, 6.07) is 2.92. The SMILES string of the molecule is COC(C)(C)CCN(CC#N)C1CCCC1. The van der Waals surface area contributed by atoms with Crippen molar-refractivity contribution >= 4 is 0 Å². The second-order valence-electron chi connectivity index (χ2n) is 5.28. The van der Waals surface area contributed by atoms with Crippen LogP contribution in [0.15, 0.2) is 0 Å². The minimum absolute atomic E-state index is 0.0771. The van der Waals surface area contributed by atoms with Crippen molar-refractivity contribution in [1.29, 1.82) is 5.26 Å². The quantitative estimate of drug-likeness (QED) is 0.651. The van der Waals surface area contributed by atoms with Crippen LogP contribution in [-0.2, 0) is 4.74 Å². The molecule has 0 unspecified atom stereocenters. The van der Waals surface area contributed by atoms with Gasteiger partial charge < -0.3 is 4.74 Å². The van der Waals surface area contributed by atoms with Crippen LogP contribution >= 0.6 is 0 Å². The number of hydrogen-bond acceptors (Lipinski definition) is 3. The zero-order valence-corrected chi connectivity index (χ0v) is 10.8. The van der Waals surface area contributed by atoms with Gasteiger partial charge in [0.1, 0.15) is 0 Å². The molecule has 0 saturated heterocycles. The number of hydrogen-bond donors (Lipinski definition) is 0. The smallest absolute Gasteiger partial charge is 0.0868 e. The fraction of sp³-hybridized carbons (Fsp3) is 0.923. The third-order valence-electron chi connectivity index (χ3n) is 3.67. The van der Waals surface area contributed by atoms with Gasteiger partial charge in [-0.3, -0.25) is 4.90 Å². The summed E-state index contributed by atoms with van der Waals surface area (Å²) in [5.74, 6) is 0. The lowest BCUT2D eigenvalue weighted by Crippen LogP contribution is -2.38. The Morgan fingerprint density at radius 2 is 2.00 bits per heavy atom. The van der Waals surface area contributed by atoms with Gasteiger partial charge in [-0.25, -0.2) is 0 Å². The van der Waals surface area contributed by atoms with Crippen molar-refractivity contribution in [1.82, 2.24) is 4.90 Å². The largest absolute Gasteiger partial charge is 0.379 e. The highest BCUT2D eigenvalue weighted by molar-refractivity contribution is 4.85. The van der Waals surface area contributed by atoms with Gasteiger partial charge in [-0.15, -0.1) is 0 Å². The zero-order chi connectivity index (χ0) is 12.0. The number of rotatable bonds is 6. The molecule has 0 radical (unpaired) electrons. The van der Waals surface area contributed by atoms with E-state index in [-0.39, 0.29) is 5.60 Å². The normalized spacial score (nSPS) is 17.9. The molecule has 1 fully saturated rings. The van der Waals surface area contributed by atoms with Crippen molar-refractivity contribution in [2.45, 2.75) is 57.6 Å². The van der Waals surface area contributed by atoms with Crippen molar-refractivity contribution in [2.75, 3.05) is 20.2 Å². The molecule has 0 bridgehead atoms. The lowest BCUT2D eigenvalue weighted by Gasteiger charge is -2.30. The molecule has 92 valence electrons. The predicted molar refractivity (Wildman–Crippen MR) is 65.1 cm³/mol. The molecular formula is C13H24N2O. The van der Waals surface area contributed by atoms with Crippen molar-refractivity contribution in [3.05, 3.63) is 0 Å². The Labute approximate surface area is 99.4 Å². The monoisotopic (exact) mass is 224 g/mol. The zero-order valence-electron chi connectivity index (χ0n) is 10.8. The van der Waals surface area contributed by atoms with Crippen molar-refractivity contribution in [3.63, 3.8) is 0 Å². The third-order valence-corrected chi connectivity index (χ3v) is 3.67. The van der Waals surface area contributed by atoms with E-state index in [4.69, 9.17) is 10.00 Å². The van der Waals surface area contributed by atoms with E-state index in [2.05, 4.69) is 24.8 Å². The fourth-order valence-electron chi connectivity index (χ4n) is 2.27. The van der Waals surface area contributed by atoms with Crippen molar-refractivity contribution in [2.24, 2.45) is 0 Å². The first-order chi connectivity index (χ1) is 7.59. The minimum atomic E-state index is -0.0771. The molecule has 1 aliphatic rings. The molecule has 0 aromatic heterocycles. The Kier molecular flexibility index (Phi) is 5.24. The Hall–Kier alpha value is -0.590. The molecule has 3 heteroatoms. The number of nitrogens with zero attached hydrogens (tertiary/aromatic N) is 2. The summed E-state index contributed by atoms with van der Waals surface area (Å²) in [5.41, 5.74) is -0.0771. The average Bonchev–Trinajstić information content (AvgIpc) is 2.77. The number of ether oxygens (including phenoxy) is 1. The van der Waals surface area contributed by atoms with E-state index >= 15 is 0 Å². The van der Waals surface area contributed by atoms with Crippen LogP contribution in [0.2, 0.25) is 0 Å². The van der Waals surface area contributed by atoms with Gasteiger partial charge in [0.25, 0.3) is 0 Å². The number of nitriles is 1. The lowest BCUT2D eigenvalue weighted by atomic mass is 10.0. The summed E-state index contributed by atoms with van der Waals surface area (Å²) in [4.78, 5) is 2.33. The van der Waals surface area contributed by atoms with Crippen molar-refractivity contribution in [3.8, 4) is 6.07 Å². The maximum atomic E-state index is 8.86. The third kappa shape index (κ3) is 4.11. The standard InChI is InChI=1S/C13H24N2O/c1-13(2,16-3)8-10-15(11-9-14)12-6-4-5-7-12/h12H,4-8,10-11H2,1-3H3. The van der Waals surface area contributed by atoms with Gasteiger partial charge in [0.05, 0.1) is 18.2 Å². The molecule has 1 aliphatic carbocycles. The van der Waals surface area contributed by atoms with Gasteiger partial charge >= 0.3 is 0 Å². The minimum Gasteiger partial charge on any atom is -0.379 e. The molecule has 3 nitrogen and oxygen atoms in total. The summed E-state index contributed by atoms with van der Waals surface area (Å²) in [6.07, 6.45) is 6.15. The predicted octanol–water partition coefficient (Wildman–Crippen LogP) is 2.57. The van der Waals surface area contributed by atoms with E-state index in [1.807, 2.05) is 0 Å². The molecule has 0 spiro atoms. The van der Waals surface area contributed by atoms with E-state index in [9.17, 15) is 0 Å². The van der Waals surface area contributed by atoms with Crippen LogP contribution in [0.1, 0.15) is 46.0 Å². The Morgan fingerprint density at radius 3 is 2.50 bits per heavy atom. The highest BCUT2D eigenvalue weighted by Crippen LogP contribution is 2.24. The second kappa shape index (κ2) is 6.22. The van der Waals surface area contributed by atoms with Crippen LogP contribution in [0.3, 0.4) is 0 Å². The first-order valence-electron chi connectivity index (χ1n) is 6.25. The van der Waals surface area contributed by atoms with Gasteiger partial charge in [-0.1, -0.05) is 12.8 Å². The van der Waals surface area contributed by atoms with E-state index in [1.165, 1.54) is 25.7 Å². The average molecular weight is 224 g/mol. The molecule has 0 aromatic carbocycles. The van der Waals surface area contributed by atoms with E-state index in [0.717, 1.165) is 13.0 Å². The highest BCUT2D eigenvalue weighted by Gasteiger charge is 2.24. The summed E-state index contributed by atoms with van der Waals surface area (Å²) < 4.78 is 5.42. The van der Waals surface area contributed by atoms with Crippen molar-refractivity contribution < 1.29 is 4.74 Å². The molecule has 0 aromatic rings. The van der Waals surface area contributed by atoms with Gasteiger partial charge in [-0.2, -0.15) is 5.26 Å². The Balaban J connectivity index is 2.42. The molecule has 0 atom stereocenters. The summed E-state index contributed by atoms with van der Waals surface area (Å²) in [7, 11) is 1.75. The Morgan fingerprint density at radius 1 is 1.38 bits per heavy atom. The first-order valence-corrected chi connectivity index (χ1v) is 6.25. The van der Waals surface area contributed by atoms with Crippen LogP contribution in [0.5, 0.6) is 0 Å². The second-order valence-corrected chi connectivity index (χ2v) is 5.28. The van der Waals surface area contributed by atoms with Crippen LogP contribution in [0.25, 0.3) is 0 Å². The fourth-order valence-corrected chi connectivity index (χ4v) is 2.27. The summed E-state index contributed by atoms with van der Waals surface area (Å²) in [5, 5.41) is 8.86. The van der Waals surface area contributed by atoms with Gasteiger partial charge in [0, 0.05) is 19.7 Å². The Bertz CT molecular complexity index is 239. The summed E-state index contributed by atoms with van der Waals surface area (Å²) in [6.45, 7) is 5.74. The van der Waals surface area contributed by atoms with Crippen LogP contribution < -0.4 is 0 Å². The topological polar surface area (TPSA) is 36.3 Å². The molecule has 1 saturated carbocycles. The maximum absolute atomic E-state index is 8.86. The maximum Gasteiger partial charge on any atom is 0.0868 e. The molecule has 16 heavy (non-hydrogen) atoms. The van der Waals surface area contributed by atoms with Gasteiger partial charge in [0.15, 0.2) is 0 Å². The molecule has 0 aliphatic heterocycles. The summed E-state index contributed by atoms with van der Waals surface area (Å²) >= 11 is 0. The van der Waals surface area contributed by atoms with Gasteiger partial charge in [0.2, 0.25) is 0 Å². The van der Waals surface area contributed by atoms with E-state index in [1.54, 1.807) is 7.11 Å². The molecule has 1 rings (SSSR count). The van der Waals surface area contributed by atoms with E-state index < -0.39 is 0 Å². The van der Waals surface area contributed by atoms with E-state index in [0.29, 0.717) is 12.6 Å². The van der Waals surface area contributed by atoms with Crippen LogP contribution in [-0.4, -0.2) is 36.7 Å². The highest BCUT2D eigenvalue weighted by atomic mass is 16.5. The first kappa shape index (κ1) is 13.5. The van der Waals surface area contributed by atoms with Crippen LogP contribution in [0.4, 0.5) is 0 Å². The molecule has 0 N–H and O–H groups in total. The molecule has 0 heterocycles. The lowest BCUT2D eigenvalue weighted by molar-refractivity contribution is 0.00532. The molecule has 0 amide bonds. The number of methoxy groups -OCH3 is 1.